The highest BCUT2D eigenvalue weighted by molar-refractivity contribution is 7.89. The quantitative estimate of drug-likeness (QED) is 0.126. The number of sulfonamides is 1. The van der Waals surface area contributed by atoms with Crippen molar-refractivity contribution in [2.75, 3.05) is 43.6 Å². The first kappa shape index (κ1) is 35.1. The summed E-state index contributed by atoms with van der Waals surface area (Å²) in [6.45, 7) is 6.33. The Morgan fingerprint density at radius 2 is 1.34 bits per heavy atom. The van der Waals surface area contributed by atoms with Crippen LogP contribution < -0.4 is 9.80 Å². The molecule has 1 aliphatic rings. The number of hydrogen-bond donors (Lipinski definition) is 2. The van der Waals surface area contributed by atoms with Crippen molar-refractivity contribution in [1.82, 2.24) is 4.31 Å². The molecule has 2 N–H and O–H groups in total. The number of azo groups is 2. The highest BCUT2D eigenvalue weighted by Crippen LogP contribution is 2.47. The van der Waals surface area contributed by atoms with Gasteiger partial charge in [-0.3, -0.25) is 0 Å². The van der Waals surface area contributed by atoms with Crippen LogP contribution in [0, 0.1) is 0 Å². The monoisotopic (exact) mass is 693 g/mol. The summed E-state index contributed by atoms with van der Waals surface area (Å²) in [4.78, 5) is 4.62. The van der Waals surface area contributed by atoms with Crippen LogP contribution in [-0.4, -0.2) is 62.4 Å². The summed E-state index contributed by atoms with van der Waals surface area (Å²) in [6.07, 6.45) is 1.49. The zero-order chi connectivity index (χ0) is 35.6. The van der Waals surface area contributed by atoms with Crippen molar-refractivity contribution in [2.45, 2.75) is 50.8 Å². The van der Waals surface area contributed by atoms with Gasteiger partial charge in [-0.15, -0.1) is 15.3 Å². The number of aliphatic hydroxyl groups excluding tert-OH is 2. The van der Waals surface area contributed by atoms with Crippen LogP contribution in [0.1, 0.15) is 39.2 Å². The van der Waals surface area contributed by atoms with Crippen LogP contribution in [0.2, 0.25) is 0 Å². The second-order valence-electron chi connectivity index (χ2n) is 12.9. The van der Waals surface area contributed by atoms with Gasteiger partial charge in [0.05, 0.1) is 40.9 Å². The molecule has 260 valence electrons. The molecule has 0 saturated heterocycles. The van der Waals surface area contributed by atoms with Crippen LogP contribution in [0.5, 0.6) is 0 Å². The summed E-state index contributed by atoms with van der Waals surface area (Å²) >= 11 is 0. The maximum Gasteiger partial charge on any atom is 0.243 e. The van der Waals surface area contributed by atoms with Crippen molar-refractivity contribution in [3.8, 4) is 0 Å². The number of unbranched alkanes of at least 4 members (excludes halogenated alkanes) is 1. The SMILES string of the molecule is CCCCN(CCO)S(=O)(=O)c1ccc2c(N=Nc3ccc4c5c(cccc35)N(C)C(C)(C)N4C)ccc(N=Nc3ccc(CO)cc3)c2c1. The summed E-state index contributed by atoms with van der Waals surface area (Å²) in [5.74, 6) is 0. The van der Waals surface area contributed by atoms with E-state index in [0.29, 0.717) is 46.5 Å². The van der Waals surface area contributed by atoms with Gasteiger partial charge in [-0.2, -0.15) is 9.42 Å². The van der Waals surface area contributed by atoms with E-state index in [0.717, 1.165) is 34.1 Å². The average Bonchev–Trinajstić information content (AvgIpc) is 3.13. The third-order valence-electron chi connectivity index (χ3n) is 9.69. The molecule has 0 aliphatic carbocycles. The minimum atomic E-state index is -3.92. The van der Waals surface area contributed by atoms with Crippen LogP contribution in [0.25, 0.3) is 21.5 Å². The fraction of sp³-hybridized carbons (Fsp3) is 0.316. The Morgan fingerprint density at radius 1 is 0.720 bits per heavy atom. The molecule has 0 saturated carbocycles. The molecule has 1 heterocycles. The van der Waals surface area contributed by atoms with Crippen molar-refractivity contribution in [2.24, 2.45) is 20.5 Å². The Labute approximate surface area is 293 Å². The van der Waals surface area contributed by atoms with Gasteiger partial charge in [-0.25, -0.2) is 8.42 Å². The number of aliphatic hydroxyl groups is 2. The maximum absolute atomic E-state index is 13.8. The van der Waals surface area contributed by atoms with Crippen LogP contribution >= 0.6 is 0 Å². The lowest BCUT2D eigenvalue weighted by atomic mass is 9.97. The van der Waals surface area contributed by atoms with Crippen LogP contribution in [0.4, 0.5) is 34.1 Å². The molecule has 11 nitrogen and oxygen atoms in total. The number of fused-ring (bicyclic) bond motifs is 1. The van der Waals surface area contributed by atoms with E-state index in [1.54, 1.807) is 54.6 Å². The van der Waals surface area contributed by atoms with Crippen molar-refractivity contribution in [3.05, 3.63) is 90.5 Å². The van der Waals surface area contributed by atoms with E-state index < -0.39 is 10.0 Å². The molecule has 0 amide bonds. The van der Waals surface area contributed by atoms with Gasteiger partial charge in [0, 0.05) is 60.1 Å². The highest BCUT2D eigenvalue weighted by atomic mass is 32.2. The molecule has 0 fully saturated rings. The van der Waals surface area contributed by atoms with Crippen LogP contribution in [-0.2, 0) is 16.6 Å². The van der Waals surface area contributed by atoms with Crippen LogP contribution in [0.3, 0.4) is 0 Å². The molecule has 0 atom stereocenters. The van der Waals surface area contributed by atoms with Crippen molar-refractivity contribution < 1.29 is 18.6 Å². The first-order valence-corrected chi connectivity index (χ1v) is 18.2. The summed E-state index contributed by atoms with van der Waals surface area (Å²) < 4.78 is 28.9. The van der Waals surface area contributed by atoms with Gasteiger partial charge < -0.3 is 20.0 Å². The van der Waals surface area contributed by atoms with E-state index >= 15 is 0 Å². The second kappa shape index (κ2) is 14.2. The third kappa shape index (κ3) is 6.47. The normalized spacial score (nSPS) is 14.6. The molecule has 50 heavy (non-hydrogen) atoms. The van der Waals surface area contributed by atoms with Gasteiger partial charge in [0.2, 0.25) is 10.0 Å². The molecule has 0 unspecified atom stereocenters. The molecule has 1 aliphatic heterocycles. The highest BCUT2D eigenvalue weighted by Gasteiger charge is 2.35. The van der Waals surface area contributed by atoms with Crippen molar-refractivity contribution in [1.29, 1.82) is 0 Å². The lowest BCUT2D eigenvalue weighted by molar-refractivity contribution is 0.252. The predicted octanol–water partition coefficient (Wildman–Crippen LogP) is 8.72. The number of rotatable bonds is 12. The first-order chi connectivity index (χ1) is 24.0. The second-order valence-corrected chi connectivity index (χ2v) is 14.9. The molecular formula is C38H43N7O4S. The third-order valence-corrected chi connectivity index (χ3v) is 11.6. The fourth-order valence-corrected chi connectivity index (χ4v) is 7.78. The molecule has 0 spiro atoms. The average molecular weight is 694 g/mol. The van der Waals surface area contributed by atoms with Gasteiger partial charge in [0.15, 0.2) is 0 Å². The number of hydrogen-bond acceptors (Lipinski definition) is 10. The van der Waals surface area contributed by atoms with E-state index in [1.165, 1.54) is 4.31 Å². The Kier molecular flexibility index (Phi) is 9.99. The van der Waals surface area contributed by atoms with E-state index in [2.05, 4.69) is 66.2 Å². The largest absolute Gasteiger partial charge is 0.395 e. The molecule has 12 heteroatoms. The number of benzene rings is 5. The van der Waals surface area contributed by atoms with Gasteiger partial charge in [-0.1, -0.05) is 43.7 Å². The lowest BCUT2D eigenvalue weighted by Gasteiger charge is -2.49. The molecular weight excluding hydrogens is 651 g/mol. The smallest absolute Gasteiger partial charge is 0.243 e. The summed E-state index contributed by atoms with van der Waals surface area (Å²) in [5, 5.41) is 40.7. The standard InChI is InChI=1S/C38H43N7O4S/c1-6-7-21-45(22-23-46)50(48,49)28-15-16-29-31(24-28)34(40-39-27-13-11-26(25-47)12-14-27)18-17-32(29)41-42-33-19-20-36-37-30(33)9-8-10-35(37)43(4)38(2,3)44(36)5/h8-20,24,46-47H,6-7,21-23,25H2,1-5H3. The molecule has 0 aromatic heterocycles. The van der Waals surface area contributed by atoms with E-state index in [9.17, 15) is 18.6 Å². The molecule has 6 rings (SSSR count). The topological polar surface area (TPSA) is 134 Å². The molecule has 0 radical (unpaired) electrons. The number of anilines is 2. The molecule has 0 bridgehead atoms. The van der Waals surface area contributed by atoms with Crippen molar-refractivity contribution >= 4 is 65.7 Å². The van der Waals surface area contributed by atoms with E-state index in [4.69, 9.17) is 10.2 Å². The Balaban J connectivity index is 1.45. The van der Waals surface area contributed by atoms with Gasteiger partial charge in [0.1, 0.15) is 5.66 Å². The van der Waals surface area contributed by atoms with E-state index in [1.807, 2.05) is 19.1 Å². The Bertz CT molecular complexity index is 2180. The first-order valence-electron chi connectivity index (χ1n) is 16.8. The fourth-order valence-electron chi connectivity index (χ4n) is 6.28. The Morgan fingerprint density at radius 3 is 2.00 bits per heavy atom. The Hall–Kier alpha value is -4.75. The van der Waals surface area contributed by atoms with Crippen molar-refractivity contribution in [3.63, 3.8) is 0 Å². The maximum atomic E-state index is 13.8. The lowest BCUT2D eigenvalue weighted by Crippen LogP contribution is -2.56. The zero-order valence-electron chi connectivity index (χ0n) is 29.1. The number of nitrogens with zero attached hydrogens (tertiary/aromatic N) is 7. The molecule has 5 aromatic rings. The van der Waals surface area contributed by atoms with Crippen LogP contribution in [0.15, 0.2) is 110 Å². The minimum Gasteiger partial charge on any atom is -0.395 e. The predicted molar refractivity (Wildman–Crippen MR) is 200 cm³/mol. The van der Waals surface area contributed by atoms with E-state index in [-0.39, 0.29) is 30.3 Å². The van der Waals surface area contributed by atoms with Gasteiger partial charge in [0.25, 0.3) is 0 Å². The minimum absolute atomic E-state index is 0.00254. The van der Waals surface area contributed by atoms with Gasteiger partial charge >= 0.3 is 0 Å². The summed E-state index contributed by atoms with van der Waals surface area (Å²) in [6, 6.07) is 25.8. The summed E-state index contributed by atoms with van der Waals surface area (Å²) in [5.41, 5.74) is 5.07. The zero-order valence-corrected chi connectivity index (χ0v) is 29.9. The summed E-state index contributed by atoms with van der Waals surface area (Å²) in [7, 11) is 0.274. The van der Waals surface area contributed by atoms with Gasteiger partial charge in [-0.05, 0) is 80.4 Å². The molecule has 5 aromatic carbocycles.